The van der Waals surface area contributed by atoms with Crippen LogP contribution in [0.25, 0.3) is 17.0 Å². The van der Waals surface area contributed by atoms with Gasteiger partial charge < -0.3 is 33.9 Å². The molecule has 2 rings (SSSR count). The zero-order valence-corrected chi connectivity index (χ0v) is 38.1. The fraction of sp³-hybridized carbons (Fsp3) is 0.565. The first-order chi connectivity index (χ1) is 29.7. The molecule has 0 spiro atoms. The van der Waals surface area contributed by atoms with Gasteiger partial charge in [0.2, 0.25) is 0 Å². The van der Waals surface area contributed by atoms with Gasteiger partial charge in [0.05, 0.1) is 39.6 Å². The molecule has 0 fully saturated rings. The number of aliphatic hydroxyl groups is 1. The number of ether oxygens (including phenoxy) is 5. The Hall–Kier alpha value is -5.00. The number of hydrogen-bond acceptors (Lipinski definition) is 11. The van der Waals surface area contributed by atoms with Crippen molar-refractivity contribution in [3.05, 3.63) is 70.2 Å². The highest BCUT2D eigenvalue weighted by atomic mass is 32.3. The van der Waals surface area contributed by atoms with Crippen LogP contribution in [0.5, 0.6) is 23.0 Å². The predicted molar refractivity (Wildman–Crippen MR) is 257 cm³/mol. The zero-order valence-electron chi connectivity index (χ0n) is 37.3. The molecule has 18 heteroatoms. The Kier molecular flexibility index (Phi) is 48.9. The summed E-state index contributed by atoms with van der Waals surface area (Å²) in [6, 6.07) is 12.0. The number of nitrogens with zero attached hydrogens (tertiary/aromatic N) is 2. The van der Waals surface area contributed by atoms with E-state index in [1.54, 1.807) is 42.5 Å². The van der Waals surface area contributed by atoms with Gasteiger partial charge in [0, 0.05) is 22.1 Å². The van der Waals surface area contributed by atoms with Gasteiger partial charge in [-0.05, 0) is 88.1 Å². The van der Waals surface area contributed by atoms with Gasteiger partial charge in [-0.25, -0.2) is 9.64 Å². The standard InChI is InChI=1S/C22H31NO4.C14H15NO4.C8H18O.2CH4.B2.H2O4S/c1-5-8-9-10-11-12-15-27-22(24)19(23-4)16-18-13-14-20(25-6-2)21(17-18)26-7-3;1-3-18-12-6-5-10(8-13(12)19-4-2)7-11(9-15)14(16)17;1-2-3-4-5-6-7-8-9;;;1-2;1-5(2,3)4/h13-14,16-17H,5-12,15H2,1-3H3;5-8H,3-4H2,1-2H3,(H,16,17);9H,2-8H2,1H3;2*1H4;;(H2,1,2,3,4)/b19-16-;11-7+;;;;;. The highest BCUT2D eigenvalue weighted by Crippen LogP contribution is 2.30. The van der Waals surface area contributed by atoms with E-state index in [4.69, 9.17) is 63.3 Å². The number of carboxylic acid groups (broad SMARTS) is 1. The monoisotopic (exact) mass is 917 g/mol. The van der Waals surface area contributed by atoms with Crippen molar-refractivity contribution in [2.75, 3.05) is 39.6 Å². The van der Waals surface area contributed by atoms with Crippen LogP contribution in [0.2, 0.25) is 0 Å². The SMILES string of the molecule is C.C.CCCCCCCCO.CCOc1ccc(/C=C(\C#N)C(=O)O)cc1OCC.O=S(=O)(O)O.[B][B].[C-]#[N+]/C(=C\c1ccc(OCC)c(OCC)c1)C(=O)OCCCCCCCC. The lowest BCUT2D eigenvalue weighted by atomic mass is 9.81. The minimum atomic E-state index is -4.67. The molecule has 0 aliphatic carbocycles. The number of nitriles is 1. The molecule has 0 aromatic heterocycles. The maximum atomic E-state index is 12.1. The number of carbonyl (C=O) groups is 2. The van der Waals surface area contributed by atoms with E-state index in [2.05, 4.69) is 34.2 Å². The number of benzene rings is 2. The second kappa shape index (κ2) is 46.0. The topological polar surface area (TPSA) is 223 Å². The summed E-state index contributed by atoms with van der Waals surface area (Å²) in [6.45, 7) is 21.9. The average molecular weight is 917 g/mol. The molecular formula is C46H74B2N2O13S. The summed E-state index contributed by atoms with van der Waals surface area (Å²) in [6.07, 6.45) is 17.0. The fourth-order valence-electron chi connectivity index (χ4n) is 4.93. The number of esters is 1. The van der Waals surface area contributed by atoms with Crippen molar-refractivity contribution in [1.82, 2.24) is 0 Å². The summed E-state index contributed by atoms with van der Waals surface area (Å²) in [5.41, 5.74) is 0.912. The zero-order chi connectivity index (χ0) is 47.6. The molecule has 0 atom stereocenters. The lowest BCUT2D eigenvalue weighted by Gasteiger charge is -2.11. The summed E-state index contributed by atoms with van der Waals surface area (Å²) in [7, 11) is 3.33. The summed E-state index contributed by atoms with van der Waals surface area (Å²) in [5, 5.41) is 25.9. The van der Waals surface area contributed by atoms with E-state index in [1.165, 1.54) is 63.5 Å². The van der Waals surface area contributed by atoms with E-state index < -0.39 is 22.3 Å². The van der Waals surface area contributed by atoms with Crippen LogP contribution in [0.15, 0.2) is 47.7 Å². The fourth-order valence-corrected chi connectivity index (χ4v) is 4.93. The van der Waals surface area contributed by atoms with Crippen molar-refractivity contribution in [1.29, 1.82) is 5.26 Å². The van der Waals surface area contributed by atoms with Gasteiger partial charge in [0.15, 0.2) is 23.0 Å². The maximum Gasteiger partial charge on any atom is 0.394 e. The molecule has 0 heterocycles. The van der Waals surface area contributed by atoms with Crippen molar-refractivity contribution < 1.29 is 61.0 Å². The van der Waals surface area contributed by atoms with Crippen LogP contribution in [-0.2, 0) is 24.7 Å². The van der Waals surface area contributed by atoms with E-state index in [9.17, 15) is 9.59 Å². The third-order valence-corrected chi connectivity index (χ3v) is 7.67. The molecule has 4 N–H and O–H groups in total. The Bertz CT molecular complexity index is 1750. The minimum Gasteiger partial charge on any atom is -0.490 e. The quantitative estimate of drug-likeness (QED) is 0.0138. The van der Waals surface area contributed by atoms with Gasteiger partial charge in [0.1, 0.15) is 11.6 Å². The first-order valence-electron chi connectivity index (χ1n) is 20.7. The van der Waals surface area contributed by atoms with E-state index in [0.717, 1.165) is 25.7 Å². The van der Waals surface area contributed by atoms with Gasteiger partial charge in [-0.15, -0.1) is 0 Å². The number of carboxylic acids is 1. The molecule has 0 saturated heterocycles. The number of aliphatic carboxylic acids is 1. The van der Waals surface area contributed by atoms with E-state index in [1.807, 2.05) is 27.7 Å². The molecule has 0 bridgehead atoms. The third kappa shape index (κ3) is 38.7. The number of carbonyl (C=O) groups excluding carboxylic acids is 1. The second-order valence-electron chi connectivity index (χ2n) is 12.6. The molecule has 0 unspecified atom stereocenters. The number of rotatable bonds is 25. The first-order valence-corrected chi connectivity index (χ1v) is 22.1. The van der Waals surface area contributed by atoms with Crippen LogP contribution in [0, 0.1) is 17.9 Å². The predicted octanol–water partition coefficient (Wildman–Crippen LogP) is 10.3. The molecule has 0 amide bonds. The number of unbranched alkanes of at least 4 members (excludes halogenated alkanes) is 10. The molecule has 0 saturated carbocycles. The Morgan fingerprint density at radius 1 is 0.688 bits per heavy atom. The van der Waals surface area contributed by atoms with Crippen molar-refractivity contribution in [2.24, 2.45) is 0 Å². The molecule has 2 aromatic rings. The molecule has 2 aromatic carbocycles. The highest BCUT2D eigenvalue weighted by molar-refractivity contribution is 7.79. The van der Waals surface area contributed by atoms with Crippen molar-refractivity contribution >= 4 is 50.0 Å². The normalized spacial score (nSPS) is 10.2. The van der Waals surface area contributed by atoms with Crippen molar-refractivity contribution in [2.45, 2.75) is 133 Å². The summed E-state index contributed by atoms with van der Waals surface area (Å²) < 4.78 is 58.7. The second-order valence-corrected chi connectivity index (χ2v) is 13.5. The maximum absolute atomic E-state index is 12.1. The lowest BCUT2D eigenvalue weighted by Crippen LogP contribution is -2.07. The lowest BCUT2D eigenvalue weighted by molar-refractivity contribution is -0.138. The smallest absolute Gasteiger partial charge is 0.394 e. The van der Waals surface area contributed by atoms with Crippen LogP contribution >= 0.6 is 0 Å². The van der Waals surface area contributed by atoms with Gasteiger partial charge in [-0.2, -0.15) is 13.7 Å². The van der Waals surface area contributed by atoms with Crippen LogP contribution in [0.3, 0.4) is 0 Å². The first kappa shape index (κ1) is 68.1. The van der Waals surface area contributed by atoms with Gasteiger partial charge in [0.25, 0.3) is 5.70 Å². The van der Waals surface area contributed by atoms with Gasteiger partial charge in [-0.1, -0.05) is 105 Å². The molecule has 358 valence electrons. The van der Waals surface area contributed by atoms with Crippen LogP contribution in [0.1, 0.15) is 145 Å². The largest absolute Gasteiger partial charge is 0.490 e. The molecule has 4 radical (unpaired) electrons. The van der Waals surface area contributed by atoms with E-state index in [-0.39, 0.29) is 26.1 Å². The Morgan fingerprint density at radius 2 is 1.06 bits per heavy atom. The van der Waals surface area contributed by atoms with Crippen LogP contribution in [0.4, 0.5) is 0 Å². The summed E-state index contributed by atoms with van der Waals surface area (Å²) in [5.74, 6) is 0.528. The number of hydrogen-bond donors (Lipinski definition) is 4. The molecule has 64 heavy (non-hydrogen) atoms. The van der Waals surface area contributed by atoms with Gasteiger partial charge >= 0.3 is 22.3 Å². The van der Waals surface area contributed by atoms with Crippen LogP contribution in [-0.4, -0.2) is 94.8 Å². The molecule has 0 aliphatic rings. The van der Waals surface area contributed by atoms with E-state index >= 15 is 0 Å². The Morgan fingerprint density at radius 3 is 1.42 bits per heavy atom. The molecule has 15 nitrogen and oxygen atoms in total. The van der Waals surface area contributed by atoms with E-state index in [0.29, 0.717) is 73.8 Å². The Balaban J connectivity index is -0.000000272. The minimum absolute atomic E-state index is 0. The summed E-state index contributed by atoms with van der Waals surface area (Å²) in [4.78, 5) is 26.2. The van der Waals surface area contributed by atoms with Crippen molar-refractivity contribution in [3.63, 3.8) is 0 Å². The average Bonchev–Trinajstić information content (AvgIpc) is 3.24. The molecular weight excluding hydrogens is 842 g/mol. The Labute approximate surface area is 387 Å². The third-order valence-electron chi connectivity index (χ3n) is 7.67. The highest BCUT2D eigenvalue weighted by Gasteiger charge is 2.13. The number of aliphatic hydroxyl groups excluding tert-OH is 1. The van der Waals surface area contributed by atoms with Crippen LogP contribution < -0.4 is 18.9 Å². The molecule has 0 aliphatic heterocycles. The van der Waals surface area contributed by atoms with Gasteiger partial charge in [-0.3, -0.25) is 13.9 Å². The summed E-state index contributed by atoms with van der Waals surface area (Å²) >= 11 is 0. The van der Waals surface area contributed by atoms with Crippen molar-refractivity contribution in [3.8, 4) is 29.1 Å².